The van der Waals surface area contributed by atoms with Gasteiger partial charge >= 0.3 is 0 Å². The number of piperazine rings is 1. The molecule has 4 heteroatoms. The summed E-state index contributed by atoms with van der Waals surface area (Å²) in [5.74, 6) is 0.360. The number of amides is 1. The zero-order valence-corrected chi connectivity index (χ0v) is 9.54. The largest absolute Gasteiger partial charge is 0.341 e. The molecule has 4 nitrogen and oxygen atoms in total. The molecule has 15 heavy (non-hydrogen) atoms. The fourth-order valence-electron chi connectivity index (χ4n) is 2.55. The highest BCUT2D eigenvalue weighted by Gasteiger charge is 2.35. The molecule has 1 atom stereocenters. The van der Waals surface area contributed by atoms with E-state index < -0.39 is 0 Å². The lowest BCUT2D eigenvalue weighted by Gasteiger charge is -2.31. The van der Waals surface area contributed by atoms with Crippen LogP contribution in [0.1, 0.15) is 19.8 Å². The van der Waals surface area contributed by atoms with Gasteiger partial charge in [-0.05, 0) is 12.8 Å². The highest BCUT2D eigenvalue weighted by atomic mass is 16.2. The second-order valence-corrected chi connectivity index (χ2v) is 4.42. The summed E-state index contributed by atoms with van der Waals surface area (Å²) < 4.78 is 0. The second kappa shape index (κ2) is 4.94. The first kappa shape index (κ1) is 10.9. The molecular formula is C11H21N3O. The maximum Gasteiger partial charge on any atom is 0.239 e. The Bertz CT molecular complexity index is 226. The SMILES string of the molecule is CCCN1CCC(N2CCNCC2)C1=O. The lowest BCUT2D eigenvalue weighted by molar-refractivity contribution is -0.132. The van der Waals surface area contributed by atoms with Gasteiger partial charge in [-0.15, -0.1) is 0 Å². The van der Waals surface area contributed by atoms with Crippen LogP contribution in [0.3, 0.4) is 0 Å². The second-order valence-electron chi connectivity index (χ2n) is 4.42. The van der Waals surface area contributed by atoms with Crippen LogP contribution in [0.25, 0.3) is 0 Å². The van der Waals surface area contributed by atoms with Crippen molar-refractivity contribution < 1.29 is 4.79 Å². The molecule has 0 aromatic heterocycles. The zero-order valence-electron chi connectivity index (χ0n) is 9.54. The molecule has 0 aromatic carbocycles. The Morgan fingerprint density at radius 3 is 2.73 bits per heavy atom. The van der Waals surface area contributed by atoms with Crippen LogP contribution in [0.5, 0.6) is 0 Å². The average molecular weight is 211 g/mol. The third kappa shape index (κ3) is 2.32. The topological polar surface area (TPSA) is 35.6 Å². The van der Waals surface area contributed by atoms with Crippen molar-refractivity contribution in [2.45, 2.75) is 25.8 Å². The summed E-state index contributed by atoms with van der Waals surface area (Å²) in [7, 11) is 0. The van der Waals surface area contributed by atoms with Gasteiger partial charge in [0.1, 0.15) is 0 Å². The van der Waals surface area contributed by atoms with E-state index in [9.17, 15) is 4.79 Å². The summed E-state index contributed by atoms with van der Waals surface area (Å²) in [6, 6.07) is 0.179. The minimum Gasteiger partial charge on any atom is -0.341 e. The molecule has 2 fully saturated rings. The van der Waals surface area contributed by atoms with Crippen LogP contribution in [0.15, 0.2) is 0 Å². The molecule has 2 heterocycles. The van der Waals surface area contributed by atoms with Gasteiger partial charge in [0.15, 0.2) is 0 Å². The van der Waals surface area contributed by atoms with Crippen molar-refractivity contribution in [3.8, 4) is 0 Å². The third-order valence-corrected chi connectivity index (χ3v) is 3.36. The van der Waals surface area contributed by atoms with Crippen LogP contribution in [-0.4, -0.2) is 61.0 Å². The Balaban J connectivity index is 1.90. The number of hydrogen-bond donors (Lipinski definition) is 1. The smallest absolute Gasteiger partial charge is 0.239 e. The van der Waals surface area contributed by atoms with Crippen molar-refractivity contribution in [1.82, 2.24) is 15.1 Å². The normalized spacial score (nSPS) is 28.7. The monoisotopic (exact) mass is 211 g/mol. The molecule has 2 aliphatic rings. The molecule has 0 aromatic rings. The van der Waals surface area contributed by atoms with Gasteiger partial charge in [-0.3, -0.25) is 9.69 Å². The van der Waals surface area contributed by atoms with Crippen LogP contribution >= 0.6 is 0 Å². The molecule has 86 valence electrons. The van der Waals surface area contributed by atoms with Gasteiger partial charge in [-0.1, -0.05) is 6.92 Å². The quantitative estimate of drug-likeness (QED) is 0.708. The van der Waals surface area contributed by atoms with Crippen molar-refractivity contribution in [2.24, 2.45) is 0 Å². The maximum atomic E-state index is 12.1. The van der Waals surface area contributed by atoms with Crippen molar-refractivity contribution in [3.63, 3.8) is 0 Å². The summed E-state index contributed by atoms with van der Waals surface area (Å²) in [4.78, 5) is 16.4. The number of nitrogens with one attached hydrogen (secondary N) is 1. The van der Waals surface area contributed by atoms with Gasteiger partial charge < -0.3 is 10.2 Å². The van der Waals surface area contributed by atoms with Crippen molar-refractivity contribution in [1.29, 1.82) is 0 Å². The fraction of sp³-hybridized carbons (Fsp3) is 0.909. The van der Waals surface area contributed by atoms with Gasteiger partial charge in [-0.25, -0.2) is 0 Å². The van der Waals surface area contributed by atoms with Crippen molar-refractivity contribution in [2.75, 3.05) is 39.3 Å². The van der Waals surface area contributed by atoms with Crippen LogP contribution in [-0.2, 0) is 4.79 Å². The molecule has 1 amide bonds. The molecule has 0 bridgehead atoms. The highest BCUT2D eigenvalue weighted by molar-refractivity contribution is 5.84. The standard InChI is InChI=1S/C11H21N3O/c1-2-6-14-7-3-10(11(14)15)13-8-4-12-5-9-13/h10,12H,2-9H2,1H3. The van der Waals surface area contributed by atoms with E-state index in [2.05, 4.69) is 17.1 Å². The van der Waals surface area contributed by atoms with E-state index in [1.807, 2.05) is 4.90 Å². The van der Waals surface area contributed by atoms with E-state index in [1.54, 1.807) is 0 Å². The van der Waals surface area contributed by atoms with E-state index in [-0.39, 0.29) is 6.04 Å². The Kier molecular flexibility index (Phi) is 3.59. The van der Waals surface area contributed by atoms with Crippen LogP contribution in [0, 0.1) is 0 Å². The molecule has 1 unspecified atom stereocenters. The summed E-state index contributed by atoms with van der Waals surface area (Å²) >= 11 is 0. The first-order chi connectivity index (χ1) is 7.33. The van der Waals surface area contributed by atoms with Crippen molar-refractivity contribution in [3.05, 3.63) is 0 Å². The summed E-state index contributed by atoms with van der Waals surface area (Å²) in [5, 5.41) is 3.32. The molecule has 2 saturated heterocycles. The molecule has 0 saturated carbocycles. The predicted octanol–water partition coefficient (Wildman–Crippen LogP) is -0.0975. The number of carbonyl (C=O) groups excluding carboxylic acids is 1. The predicted molar refractivity (Wildman–Crippen MR) is 59.7 cm³/mol. The van der Waals surface area contributed by atoms with E-state index in [4.69, 9.17) is 0 Å². The Hall–Kier alpha value is -0.610. The lowest BCUT2D eigenvalue weighted by Crippen LogP contribution is -2.51. The van der Waals surface area contributed by atoms with Crippen molar-refractivity contribution >= 4 is 5.91 Å². The number of carbonyl (C=O) groups is 1. The van der Waals surface area contributed by atoms with Crippen LogP contribution in [0.2, 0.25) is 0 Å². The third-order valence-electron chi connectivity index (χ3n) is 3.36. The van der Waals surface area contributed by atoms with Gasteiger partial charge in [0.25, 0.3) is 0 Å². The molecule has 0 radical (unpaired) electrons. The molecular weight excluding hydrogens is 190 g/mol. The maximum absolute atomic E-state index is 12.1. The molecule has 2 aliphatic heterocycles. The number of rotatable bonds is 3. The van der Waals surface area contributed by atoms with E-state index in [0.717, 1.165) is 52.1 Å². The van der Waals surface area contributed by atoms with Gasteiger partial charge in [-0.2, -0.15) is 0 Å². The number of hydrogen-bond acceptors (Lipinski definition) is 3. The molecule has 0 spiro atoms. The first-order valence-electron chi connectivity index (χ1n) is 6.06. The first-order valence-corrected chi connectivity index (χ1v) is 6.06. The average Bonchev–Trinajstić information content (AvgIpc) is 2.63. The van der Waals surface area contributed by atoms with Crippen LogP contribution < -0.4 is 5.32 Å². The molecule has 2 rings (SSSR count). The Labute approximate surface area is 91.6 Å². The van der Waals surface area contributed by atoms with Gasteiger partial charge in [0.05, 0.1) is 6.04 Å². The van der Waals surface area contributed by atoms with Gasteiger partial charge in [0.2, 0.25) is 5.91 Å². The molecule has 0 aliphatic carbocycles. The summed E-state index contributed by atoms with van der Waals surface area (Å²) in [5.41, 5.74) is 0. The van der Waals surface area contributed by atoms with E-state index in [0.29, 0.717) is 5.91 Å². The Morgan fingerprint density at radius 2 is 2.07 bits per heavy atom. The van der Waals surface area contributed by atoms with E-state index in [1.165, 1.54) is 0 Å². The van der Waals surface area contributed by atoms with Crippen LogP contribution in [0.4, 0.5) is 0 Å². The fourth-order valence-corrected chi connectivity index (χ4v) is 2.55. The Morgan fingerprint density at radius 1 is 1.33 bits per heavy atom. The molecule has 1 N–H and O–H groups in total. The minimum atomic E-state index is 0.179. The van der Waals surface area contributed by atoms with Gasteiger partial charge in [0, 0.05) is 39.3 Å². The summed E-state index contributed by atoms with van der Waals surface area (Å²) in [6.07, 6.45) is 2.10. The summed E-state index contributed by atoms with van der Waals surface area (Å²) in [6.45, 7) is 8.12. The number of likely N-dealkylation sites (tertiary alicyclic amines) is 1. The zero-order chi connectivity index (χ0) is 10.7. The lowest BCUT2D eigenvalue weighted by atomic mass is 10.2. The minimum absolute atomic E-state index is 0.179. The highest BCUT2D eigenvalue weighted by Crippen LogP contribution is 2.17. The number of nitrogens with zero attached hydrogens (tertiary/aromatic N) is 2. The van der Waals surface area contributed by atoms with E-state index >= 15 is 0 Å².